The van der Waals surface area contributed by atoms with E-state index in [-0.39, 0.29) is 0 Å². The highest BCUT2D eigenvalue weighted by Crippen LogP contribution is 2.48. The van der Waals surface area contributed by atoms with Crippen molar-refractivity contribution in [3.8, 4) is 33.4 Å². The van der Waals surface area contributed by atoms with E-state index in [0.717, 1.165) is 11.2 Å². The molecule has 0 fully saturated rings. The van der Waals surface area contributed by atoms with E-state index < -0.39 is 0 Å². The van der Waals surface area contributed by atoms with Crippen LogP contribution in [0.1, 0.15) is 0 Å². The van der Waals surface area contributed by atoms with Crippen molar-refractivity contribution < 1.29 is 4.42 Å². The van der Waals surface area contributed by atoms with Crippen molar-refractivity contribution in [2.24, 2.45) is 0 Å². The van der Waals surface area contributed by atoms with Gasteiger partial charge in [0.1, 0.15) is 11.2 Å². The molecule has 11 aromatic carbocycles. The summed E-state index contributed by atoms with van der Waals surface area (Å²) in [5, 5.41) is 17.5. The molecule has 2 heteroatoms. The first-order chi connectivity index (χ1) is 28.7. The first kappa shape index (κ1) is 31.9. The Kier molecular flexibility index (Phi) is 6.66. The standard InChI is InChI=1S/C56H32OS/c1-2-14-37-33(12-1)13-11-22-42(37)55-43-18-5-7-20-45(43)56(46-21-8-6-19-44(46)55)47-27-26-38(39-15-3-4-16-40(39)47)35-25-24-34-29-49-50-31-48-41-17-9-10-23-51(41)57-52(48)32-54(50)58-53(49)30-36(34)28-35/h1-32H. The van der Waals surface area contributed by atoms with Gasteiger partial charge in [-0.3, -0.25) is 0 Å². The summed E-state index contributed by atoms with van der Waals surface area (Å²) in [6.45, 7) is 0. The average molecular weight is 753 g/mol. The van der Waals surface area contributed by atoms with Crippen molar-refractivity contribution in [3.05, 3.63) is 194 Å². The average Bonchev–Trinajstić information content (AvgIpc) is 3.82. The molecular weight excluding hydrogens is 721 g/mol. The molecule has 268 valence electrons. The fourth-order valence-electron chi connectivity index (χ4n) is 9.83. The Labute approximate surface area is 337 Å². The highest BCUT2D eigenvalue weighted by molar-refractivity contribution is 7.26. The second-order valence-electron chi connectivity index (χ2n) is 15.5. The van der Waals surface area contributed by atoms with E-state index in [1.54, 1.807) is 0 Å². The van der Waals surface area contributed by atoms with Gasteiger partial charge in [-0.1, -0.05) is 158 Å². The smallest absolute Gasteiger partial charge is 0.136 e. The minimum absolute atomic E-state index is 0.939. The van der Waals surface area contributed by atoms with E-state index in [0.29, 0.717) is 0 Å². The van der Waals surface area contributed by atoms with Crippen LogP contribution in [0.25, 0.3) is 129 Å². The van der Waals surface area contributed by atoms with E-state index in [4.69, 9.17) is 4.42 Å². The number of benzene rings is 11. The fourth-order valence-corrected chi connectivity index (χ4v) is 11.0. The topological polar surface area (TPSA) is 13.1 Å². The molecule has 0 atom stereocenters. The summed E-state index contributed by atoms with van der Waals surface area (Å²) in [4.78, 5) is 0. The lowest BCUT2D eigenvalue weighted by atomic mass is 9.83. The third-order valence-corrected chi connectivity index (χ3v) is 13.5. The number of rotatable bonds is 3. The van der Waals surface area contributed by atoms with Crippen molar-refractivity contribution in [2.45, 2.75) is 0 Å². The van der Waals surface area contributed by atoms with Crippen LogP contribution in [0.5, 0.6) is 0 Å². The second kappa shape index (κ2) is 12.1. The number of fused-ring (bicyclic) bond motifs is 11. The van der Waals surface area contributed by atoms with Crippen LogP contribution in [0.3, 0.4) is 0 Å². The molecule has 0 N–H and O–H groups in total. The molecule has 1 nitrogen and oxygen atoms in total. The normalized spacial score (nSPS) is 12.1. The van der Waals surface area contributed by atoms with Crippen LogP contribution in [0, 0.1) is 0 Å². The van der Waals surface area contributed by atoms with Gasteiger partial charge in [0, 0.05) is 30.9 Å². The number of para-hydroxylation sites is 1. The molecule has 0 unspecified atom stereocenters. The Bertz CT molecular complexity index is 3800. The first-order valence-electron chi connectivity index (χ1n) is 19.9. The minimum Gasteiger partial charge on any atom is -0.456 e. The number of thiophene rings is 1. The molecule has 2 aromatic heterocycles. The summed E-state index contributed by atoms with van der Waals surface area (Å²) in [7, 11) is 0. The molecule has 0 amide bonds. The molecule has 0 radical (unpaired) electrons. The van der Waals surface area contributed by atoms with Crippen LogP contribution in [0.15, 0.2) is 199 Å². The molecule has 0 aliphatic rings. The summed E-state index contributed by atoms with van der Waals surface area (Å²) in [5.41, 5.74) is 9.44. The largest absolute Gasteiger partial charge is 0.456 e. The highest BCUT2D eigenvalue weighted by Gasteiger charge is 2.20. The zero-order valence-corrected chi connectivity index (χ0v) is 32.1. The number of furan rings is 1. The van der Waals surface area contributed by atoms with Gasteiger partial charge in [-0.15, -0.1) is 11.3 Å². The minimum atomic E-state index is 0.939. The Morgan fingerprint density at radius 1 is 0.276 bits per heavy atom. The quantitative estimate of drug-likeness (QED) is 0.164. The van der Waals surface area contributed by atoms with Crippen molar-refractivity contribution in [1.29, 1.82) is 0 Å². The van der Waals surface area contributed by atoms with Crippen LogP contribution in [-0.2, 0) is 0 Å². The zero-order valence-electron chi connectivity index (χ0n) is 31.3. The molecule has 0 bridgehead atoms. The second-order valence-corrected chi connectivity index (χ2v) is 16.6. The monoisotopic (exact) mass is 752 g/mol. The van der Waals surface area contributed by atoms with Crippen LogP contribution in [0.4, 0.5) is 0 Å². The molecule has 58 heavy (non-hydrogen) atoms. The summed E-state index contributed by atoms with van der Waals surface area (Å²) in [5.74, 6) is 0. The van der Waals surface area contributed by atoms with Crippen LogP contribution in [-0.4, -0.2) is 0 Å². The lowest BCUT2D eigenvalue weighted by Crippen LogP contribution is -1.93. The Morgan fingerprint density at radius 2 is 0.828 bits per heavy atom. The maximum atomic E-state index is 6.26. The fraction of sp³-hybridized carbons (Fsp3) is 0. The van der Waals surface area contributed by atoms with E-state index in [1.165, 1.54) is 118 Å². The Hall–Kier alpha value is -7.26. The zero-order chi connectivity index (χ0) is 37.9. The van der Waals surface area contributed by atoms with Gasteiger partial charge in [-0.25, -0.2) is 0 Å². The molecule has 13 aromatic rings. The van der Waals surface area contributed by atoms with Crippen molar-refractivity contribution >= 4 is 107 Å². The van der Waals surface area contributed by atoms with Gasteiger partial charge in [0.25, 0.3) is 0 Å². The molecule has 0 saturated carbocycles. The van der Waals surface area contributed by atoms with Crippen LogP contribution < -0.4 is 0 Å². The highest BCUT2D eigenvalue weighted by atomic mass is 32.1. The van der Waals surface area contributed by atoms with E-state index in [1.807, 2.05) is 17.4 Å². The Morgan fingerprint density at radius 3 is 1.57 bits per heavy atom. The summed E-state index contributed by atoms with van der Waals surface area (Å²) < 4.78 is 8.80. The van der Waals surface area contributed by atoms with E-state index in [9.17, 15) is 0 Å². The Balaban J connectivity index is 0.997. The lowest BCUT2D eigenvalue weighted by Gasteiger charge is -2.20. The molecular formula is C56H32OS. The van der Waals surface area contributed by atoms with E-state index >= 15 is 0 Å². The summed E-state index contributed by atoms with van der Waals surface area (Å²) in [6, 6.07) is 71.7. The predicted molar refractivity (Wildman–Crippen MR) is 250 cm³/mol. The van der Waals surface area contributed by atoms with Gasteiger partial charge in [-0.05, 0) is 124 Å². The van der Waals surface area contributed by atoms with E-state index in [2.05, 4.69) is 188 Å². The molecule has 13 rings (SSSR count). The van der Waals surface area contributed by atoms with Gasteiger partial charge in [0.2, 0.25) is 0 Å². The first-order valence-corrected chi connectivity index (χ1v) is 20.7. The SMILES string of the molecule is c1ccc2c(-c3c4ccccc4c(-c4ccc(-c5ccc6cc7c(cc6c5)sc5cc6oc8ccccc8c6cc57)c5ccccc45)c4ccccc34)cccc2c1. The molecule has 0 saturated heterocycles. The van der Waals surface area contributed by atoms with Crippen LogP contribution in [0.2, 0.25) is 0 Å². The third kappa shape index (κ3) is 4.58. The van der Waals surface area contributed by atoms with Gasteiger partial charge < -0.3 is 4.42 Å². The van der Waals surface area contributed by atoms with Gasteiger partial charge in [0.15, 0.2) is 0 Å². The number of hydrogen-bond acceptors (Lipinski definition) is 2. The number of hydrogen-bond donors (Lipinski definition) is 0. The van der Waals surface area contributed by atoms with Crippen molar-refractivity contribution in [2.75, 3.05) is 0 Å². The summed E-state index contributed by atoms with van der Waals surface area (Å²) in [6.07, 6.45) is 0. The third-order valence-electron chi connectivity index (χ3n) is 12.4. The molecule has 0 aliphatic heterocycles. The molecule has 2 heterocycles. The van der Waals surface area contributed by atoms with Crippen molar-refractivity contribution in [1.82, 2.24) is 0 Å². The van der Waals surface area contributed by atoms with Gasteiger partial charge >= 0.3 is 0 Å². The maximum absolute atomic E-state index is 6.26. The predicted octanol–water partition coefficient (Wildman–Crippen LogP) is 16.7. The summed E-state index contributed by atoms with van der Waals surface area (Å²) >= 11 is 1.85. The molecule has 0 spiro atoms. The molecule has 0 aliphatic carbocycles. The maximum Gasteiger partial charge on any atom is 0.136 e. The van der Waals surface area contributed by atoms with Crippen LogP contribution >= 0.6 is 11.3 Å². The van der Waals surface area contributed by atoms with Crippen molar-refractivity contribution in [3.63, 3.8) is 0 Å². The van der Waals surface area contributed by atoms with Gasteiger partial charge in [-0.2, -0.15) is 0 Å². The lowest BCUT2D eigenvalue weighted by molar-refractivity contribution is 0.669. The van der Waals surface area contributed by atoms with Gasteiger partial charge in [0.05, 0.1) is 0 Å².